The first-order valence-corrected chi connectivity index (χ1v) is 3.62. The Bertz CT molecular complexity index is 87.8. The van der Waals surface area contributed by atoms with Crippen molar-refractivity contribution in [3.05, 3.63) is 0 Å². The van der Waals surface area contributed by atoms with Crippen LogP contribution in [-0.2, 0) is 4.79 Å². The second-order valence-corrected chi connectivity index (χ2v) is 7.56. The molecule has 0 aliphatic heterocycles. The van der Waals surface area contributed by atoms with Gasteiger partial charge in [0.15, 0.2) is 0 Å². The van der Waals surface area contributed by atoms with Crippen molar-refractivity contribution in [3.63, 3.8) is 0 Å². The van der Waals surface area contributed by atoms with Gasteiger partial charge in [0.05, 0.1) is 0 Å². The molecule has 0 spiro atoms. The third-order valence-corrected chi connectivity index (χ3v) is 1.26. The van der Waals surface area contributed by atoms with E-state index in [9.17, 15) is 4.79 Å². The Balaban J connectivity index is 0. The minimum atomic E-state index is -1.15. The van der Waals surface area contributed by atoms with Crippen LogP contribution in [-0.4, -0.2) is 42.8 Å². The van der Waals surface area contributed by atoms with E-state index < -0.39 is 8.11 Å². The van der Waals surface area contributed by atoms with Crippen molar-refractivity contribution < 1.29 is 9.90 Å². The summed E-state index contributed by atoms with van der Waals surface area (Å²) in [7, 11) is 0. The number of aliphatic carboxylic acids is 1. The van der Waals surface area contributed by atoms with Crippen LogP contribution >= 0.6 is 47.8 Å². The predicted octanol–water partition coefficient (Wildman–Crippen LogP) is 1.53. The predicted molar refractivity (Wildman–Crippen MR) is 42.9 cm³/mol. The molecule has 0 fully saturated rings. The van der Waals surface area contributed by atoms with Crippen molar-refractivity contribution in [2.45, 2.75) is 2.14 Å². The van der Waals surface area contributed by atoms with E-state index >= 15 is 0 Å². The van der Waals surface area contributed by atoms with Crippen molar-refractivity contribution in [3.8, 4) is 0 Å². The first-order chi connectivity index (χ1) is 2.94. The van der Waals surface area contributed by atoms with Gasteiger partial charge in [-0.2, -0.15) is 0 Å². The summed E-state index contributed by atoms with van der Waals surface area (Å²) in [6, 6.07) is 0. The molecule has 2 nitrogen and oxygen atoms in total. The molecule has 0 rings (SSSR count). The molecule has 0 saturated heterocycles. The maximum atomic E-state index is 9.88. The minimum absolute atomic E-state index is 0. The van der Waals surface area contributed by atoms with E-state index in [0.717, 1.165) is 0 Å². The molecule has 6 heteroatoms. The van der Waals surface area contributed by atoms with Gasteiger partial charge in [-0.1, -0.05) is 0 Å². The maximum absolute atomic E-state index is 9.88. The summed E-state index contributed by atoms with van der Waals surface area (Å²) in [5.41, 5.74) is 0. The fraction of sp³-hybridized carbons (Fsp3) is 0.500. The fourth-order valence-electron chi connectivity index (χ4n) is 0. The summed E-state index contributed by atoms with van der Waals surface area (Å²) < 4.78 is -1.15. The van der Waals surface area contributed by atoms with Crippen molar-refractivity contribution in [2.24, 2.45) is 0 Å². The Labute approximate surface area is 94.1 Å². The average molecular weight is 320 g/mol. The molecule has 0 heterocycles. The summed E-state index contributed by atoms with van der Waals surface area (Å²) in [5, 5.41) is 8.11. The molecule has 1 radical (unpaired) electrons. The Morgan fingerprint density at radius 3 is 1.50 bits per heavy atom. The summed E-state index contributed by atoms with van der Waals surface area (Å²) >= 11 is 8.33. The van der Waals surface area contributed by atoms with Crippen molar-refractivity contribution in [1.82, 2.24) is 0 Å². The third-order valence-electron chi connectivity index (χ3n) is 0.243. The monoisotopic (exact) mass is 317 g/mol. The second kappa shape index (κ2) is 4.68. The standard InChI is InChI=1S/C2HBr3O2.Na/c3-2(4,5)1(6)7;/h(H,6,7);. The average Bonchev–Trinajstić information content (AvgIpc) is 1.31. The molecular formula is C2HBr3NaO2. The van der Waals surface area contributed by atoms with E-state index in [4.69, 9.17) is 5.11 Å². The van der Waals surface area contributed by atoms with Gasteiger partial charge >= 0.3 is 5.97 Å². The van der Waals surface area contributed by atoms with Gasteiger partial charge in [0, 0.05) is 29.6 Å². The Hall–Kier alpha value is 1.91. The van der Waals surface area contributed by atoms with Gasteiger partial charge in [0.25, 0.3) is 0 Å². The van der Waals surface area contributed by atoms with Crippen molar-refractivity contribution in [1.29, 1.82) is 0 Å². The van der Waals surface area contributed by atoms with Gasteiger partial charge in [-0.15, -0.1) is 0 Å². The third kappa shape index (κ3) is 6.04. The molecule has 0 aliphatic carbocycles. The molecule has 0 aromatic carbocycles. The molecule has 0 aromatic rings. The molecular weight excluding hydrogens is 319 g/mol. The van der Waals surface area contributed by atoms with E-state index in [1.165, 1.54) is 0 Å². The molecule has 0 unspecified atom stereocenters. The van der Waals surface area contributed by atoms with Crippen LogP contribution in [0, 0.1) is 0 Å². The van der Waals surface area contributed by atoms with E-state index in [1.807, 2.05) is 0 Å². The number of hydrogen-bond donors (Lipinski definition) is 1. The summed E-state index contributed by atoms with van der Waals surface area (Å²) in [6.45, 7) is 0. The molecule has 8 heavy (non-hydrogen) atoms. The van der Waals surface area contributed by atoms with Crippen LogP contribution in [0.2, 0.25) is 0 Å². The van der Waals surface area contributed by atoms with Crippen molar-refractivity contribution >= 4 is 83.3 Å². The van der Waals surface area contributed by atoms with Crippen LogP contribution in [0.25, 0.3) is 0 Å². The number of carboxylic acids is 1. The Morgan fingerprint density at radius 1 is 1.38 bits per heavy atom. The van der Waals surface area contributed by atoms with Crippen LogP contribution in [0.4, 0.5) is 0 Å². The number of halogens is 3. The quantitative estimate of drug-likeness (QED) is 0.543. The molecule has 0 aromatic heterocycles. The number of hydrogen-bond acceptors (Lipinski definition) is 1. The molecule has 0 amide bonds. The molecule has 43 valence electrons. The number of carboxylic acid groups (broad SMARTS) is 1. The normalized spacial score (nSPS) is 9.88. The summed E-state index contributed by atoms with van der Waals surface area (Å²) in [4.78, 5) is 9.88. The number of alkyl halides is 3. The topological polar surface area (TPSA) is 37.3 Å². The van der Waals surface area contributed by atoms with Gasteiger partial charge in [-0.3, -0.25) is 0 Å². The van der Waals surface area contributed by atoms with Crippen LogP contribution < -0.4 is 0 Å². The van der Waals surface area contributed by atoms with Gasteiger partial charge in [0.1, 0.15) is 0 Å². The van der Waals surface area contributed by atoms with E-state index in [2.05, 4.69) is 47.8 Å². The van der Waals surface area contributed by atoms with Gasteiger partial charge in [-0.25, -0.2) is 4.79 Å². The summed E-state index contributed by atoms with van der Waals surface area (Å²) in [5.74, 6) is -1.01. The first kappa shape index (κ1) is 12.6. The minimum Gasteiger partial charge on any atom is -0.479 e. The number of carbonyl (C=O) groups is 1. The first-order valence-electron chi connectivity index (χ1n) is 1.24. The van der Waals surface area contributed by atoms with E-state index in [0.29, 0.717) is 0 Å². The largest absolute Gasteiger partial charge is 0.479 e. The molecule has 0 bridgehead atoms. The van der Waals surface area contributed by atoms with E-state index in [-0.39, 0.29) is 29.6 Å². The van der Waals surface area contributed by atoms with E-state index in [1.54, 1.807) is 0 Å². The van der Waals surface area contributed by atoms with Crippen LogP contribution in [0.1, 0.15) is 0 Å². The second-order valence-electron chi connectivity index (χ2n) is 0.803. The molecule has 0 saturated carbocycles. The van der Waals surface area contributed by atoms with Gasteiger partial charge in [0.2, 0.25) is 2.14 Å². The van der Waals surface area contributed by atoms with Gasteiger partial charge in [-0.05, 0) is 47.8 Å². The van der Waals surface area contributed by atoms with Crippen LogP contribution in [0.3, 0.4) is 0 Å². The smallest absolute Gasteiger partial charge is 0.342 e. The SMILES string of the molecule is O=C(O)C(Br)(Br)Br.[Na]. The molecule has 1 N–H and O–H groups in total. The van der Waals surface area contributed by atoms with Crippen molar-refractivity contribution in [2.75, 3.05) is 0 Å². The zero-order valence-electron chi connectivity index (χ0n) is 3.99. The zero-order valence-corrected chi connectivity index (χ0v) is 10.7. The zero-order chi connectivity index (χ0) is 6.08. The Kier molecular flexibility index (Phi) is 7.36. The maximum Gasteiger partial charge on any atom is 0.342 e. The van der Waals surface area contributed by atoms with Gasteiger partial charge < -0.3 is 5.11 Å². The van der Waals surface area contributed by atoms with Crippen LogP contribution in [0.15, 0.2) is 0 Å². The number of rotatable bonds is 0. The molecule has 0 aliphatic rings. The van der Waals surface area contributed by atoms with Crippen LogP contribution in [0.5, 0.6) is 0 Å². The molecule has 0 atom stereocenters. The Morgan fingerprint density at radius 2 is 1.50 bits per heavy atom. The summed E-state index contributed by atoms with van der Waals surface area (Å²) in [6.07, 6.45) is 0. The fourth-order valence-corrected chi connectivity index (χ4v) is 0.